The van der Waals surface area contributed by atoms with Gasteiger partial charge in [-0.15, -0.1) is 0 Å². The summed E-state index contributed by atoms with van der Waals surface area (Å²) in [5, 5.41) is 2.53. The van der Waals surface area contributed by atoms with Gasteiger partial charge in [0.15, 0.2) is 0 Å². The molecule has 92 valence electrons. The Balaban J connectivity index is 2.32. The van der Waals surface area contributed by atoms with Crippen LogP contribution >= 0.6 is 0 Å². The molecule has 0 aliphatic carbocycles. The normalized spacial score (nSPS) is 9.82. The highest BCUT2D eigenvalue weighted by molar-refractivity contribution is 6.35. The third-order valence-corrected chi connectivity index (χ3v) is 1.97. The van der Waals surface area contributed by atoms with E-state index in [1.165, 1.54) is 0 Å². The number of hydrazine groups is 1. The van der Waals surface area contributed by atoms with E-state index in [0.29, 0.717) is 12.5 Å². The molecule has 0 atom stereocenters. The van der Waals surface area contributed by atoms with Crippen LogP contribution < -0.4 is 16.2 Å². The molecule has 0 radical (unpaired) electrons. The van der Waals surface area contributed by atoms with Gasteiger partial charge in [0.05, 0.1) is 5.69 Å². The second-order valence-corrected chi connectivity index (χ2v) is 4.05. The van der Waals surface area contributed by atoms with Crippen LogP contribution in [0.1, 0.15) is 13.8 Å². The number of amides is 2. The Morgan fingerprint density at radius 2 is 1.76 bits per heavy atom. The average molecular weight is 235 g/mol. The first-order valence-corrected chi connectivity index (χ1v) is 5.49. The van der Waals surface area contributed by atoms with E-state index >= 15 is 0 Å². The molecule has 2 amide bonds. The lowest BCUT2D eigenvalue weighted by Gasteiger charge is -2.09. The highest BCUT2D eigenvalue weighted by Gasteiger charge is 2.12. The van der Waals surface area contributed by atoms with Gasteiger partial charge in [-0.3, -0.25) is 20.4 Å². The van der Waals surface area contributed by atoms with Crippen LogP contribution in [0.2, 0.25) is 0 Å². The molecular formula is C12H17N3O2. The minimum atomic E-state index is -0.700. The lowest BCUT2D eigenvalue weighted by molar-refractivity contribution is -0.138. The maximum atomic E-state index is 11.3. The highest BCUT2D eigenvalue weighted by atomic mass is 16.2. The fraction of sp³-hybridized carbons (Fsp3) is 0.333. The SMILES string of the molecule is CC(C)CNC(=O)C(=O)NNc1ccccc1. The molecule has 0 saturated carbocycles. The van der Waals surface area contributed by atoms with Gasteiger partial charge in [-0.05, 0) is 18.1 Å². The third kappa shape index (κ3) is 5.01. The molecule has 17 heavy (non-hydrogen) atoms. The van der Waals surface area contributed by atoms with E-state index in [2.05, 4.69) is 16.2 Å². The van der Waals surface area contributed by atoms with Crippen molar-refractivity contribution >= 4 is 17.5 Å². The van der Waals surface area contributed by atoms with E-state index in [9.17, 15) is 9.59 Å². The second-order valence-electron chi connectivity index (χ2n) is 4.05. The van der Waals surface area contributed by atoms with Crippen molar-refractivity contribution in [3.05, 3.63) is 30.3 Å². The van der Waals surface area contributed by atoms with Crippen molar-refractivity contribution in [2.24, 2.45) is 5.92 Å². The number of hydrogen-bond donors (Lipinski definition) is 3. The molecule has 0 saturated heterocycles. The molecule has 0 aliphatic heterocycles. The van der Waals surface area contributed by atoms with Gasteiger partial charge in [0.25, 0.3) is 0 Å². The zero-order chi connectivity index (χ0) is 12.7. The largest absolute Gasteiger partial charge is 0.348 e. The lowest BCUT2D eigenvalue weighted by Crippen LogP contribution is -2.43. The van der Waals surface area contributed by atoms with Gasteiger partial charge >= 0.3 is 11.8 Å². The maximum absolute atomic E-state index is 11.3. The van der Waals surface area contributed by atoms with E-state index < -0.39 is 11.8 Å². The number of carbonyl (C=O) groups excluding carboxylic acids is 2. The summed E-state index contributed by atoms with van der Waals surface area (Å²) < 4.78 is 0. The molecule has 0 aliphatic rings. The quantitative estimate of drug-likeness (QED) is 0.536. The van der Waals surface area contributed by atoms with Crippen molar-refractivity contribution in [2.45, 2.75) is 13.8 Å². The number of hydrogen-bond acceptors (Lipinski definition) is 3. The molecule has 1 aromatic rings. The Hall–Kier alpha value is -2.04. The zero-order valence-electron chi connectivity index (χ0n) is 9.99. The molecular weight excluding hydrogens is 218 g/mol. The lowest BCUT2D eigenvalue weighted by atomic mass is 10.2. The minimum absolute atomic E-state index is 0.314. The van der Waals surface area contributed by atoms with Crippen LogP contribution in [-0.4, -0.2) is 18.4 Å². The molecule has 0 unspecified atom stereocenters. The average Bonchev–Trinajstić information content (AvgIpc) is 2.34. The van der Waals surface area contributed by atoms with Crippen molar-refractivity contribution in [1.82, 2.24) is 10.7 Å². The first-order valence-electron chi connectivity index (χ1n) is 5.49. The predicted molar refractivity (Wildman–Crippen MR) is 66.1 cm³/mol. The van der Waals surface area contributed by atoms with E-state index in [-0.39, 0.29) is 0 Å². The standard InChI is InChI=1S/C12H17N3O2/c1-9(2)8-13-11(16)12(17)15-14-10-6-4-3-5-7-10/h3-7,9,14H,8H2,1-2H3,(H,13,16)(H,15,17). The number of rotatable bonds is 4. The summed E-state index contributed by atoms with van der Waals surface area (Å²) in [6.45, 7) is 4.40. The monoisotopic (exact) mass is 235 g/mol. The molecule has 0 aromatic heterocycles. The van der Waals surface area contributed by atoms with Crippen molar-refractivity contribution in [3.8, 4) is 0 Å². The van der Waals surface area contributed by atoms with Crippen molar-refractivity contribution in [1.29, 1.82) is 0 Å². The molecule has 5 heteroatoms. The topological polar surface area (TPSA) is 70.2 Å². The fourth-order valence-electron chi connectivity index (χ4n) is 1.08. The number of anilines is 1. The van der Waals surface area contributed by atoms with Gasteiger partial charge in [-0.1, -0.05) is 32.0 Å². The van der Waals surface area contributed by atoms with Crippen molar-refractivity contribution < 1.29 is 9.59 Å². The summed E-state index contributed by atoms with van der Waals surface area (Å²) in [6, 6.07) is 9.08. The van der Waals surface area contributed by atoms with Crippen LogP contribution in [0.25, 0.3) is 0 Å². The van der Waals surface area contributed by atoms with Gasteiger partial charge < -0.3 is 5.32 Å². The predicted octanol–water partition coefficient (Wildman–Crippen LogP) is 0.902. The number of benzene rings is 1. The summed E-state index contributed by atoms with van der Waals surface area (Å²) in [5.41, 5.74) is 5.69. The molecule has 0 bridgehead atoms. The van der Waals surface area contributed by atoms with Crippen LogP contribution in [0, 0.1) is 5.92 Å². The van der Waals surface area contributed by atoms with Crippen LogP contribution in [0.4, 0.5) is 5.69 Å². The summed E-state index contributed by atoms with van der Waals surface area (Å²) in [6.07, 6.45) is 0. The first-order chi connectivity index (χ1) is 8.09. The molecule has 3 N–H and O–H groups in total. The molecule has 0 fully saturated rings. The number of carbonyl (C=O) groups is 2. The van der Waals surface area contributed by atoms with Crippen molar-refractivity contribution in [2.75, 3.05) is 12.0 Å². The Labute approximate surface area is 101 Å². The summed E-state index contributed by atoms with van der Waals surface area (Å²) in [7, 11) is 0. The van der Waals surface area contributed by atoms with E-state index in [1.54, 1.807) is 12.1 Å². The van der Waals surface area contributed by atoms with E-state index in [0.717, 1.165) is 5.69 Å². The molecule has 5 nitrogen and oxygen atoms in total. The van der Waals surface area contributed by atoms with Gasteiger partial charge in [-0.25, -0.2) is 0 Å². The molecule has 0 spiro atoms. The summed E-state index contributed by atoms with van der Waals surface area (Å²) in [4.78, 5) is 22.6. The van der Waals surface area contributed by atoms with Gasteiger partial charge in [-0.2, -0.15) is 0 Å². The molecule has 1 rings (SSSR count). The van der Waals surface area contributed by atoms with Crippen LogP contribution in [0.15, 0.2) is 30.3 Å². The van der Waals surface area contributed by atoms with Crippen LogP contribution in [0.3, 0.4) is 0 Å². The van der Waals surface area contributed by atoms with E-state index in [1.807, 2.05) is 32.0 Å². The Morgan fingerprint density at radius 1 is 1.12 bits per heavy atom. The Kier molecular flexibility index (Phi) is 5.00. The van der Waals surface area contributed by atoms with Crippen LogP contribution in [0.5, 0.6) is 0 Å². The van der Waals surface area contributed by atoms with E-state index in [4.69, 9.17) is 0 Å². The molecule has 0 heterocycles. The minimum Gasteiger partial charge on any atom is -0.348 e. The first kappa shape index (κ1) is 13.0. The summed E-state index contributed by atoms with van der Waals surface area (Å²) in [5.74, 6) is -1.02. The molecule has 1 aromatic carbocycles. The smallest absolute Gasteiger partial charge is 0.327 e. The Bertz CT molecular complexity index is 377. The fourth-order valence-corrected chi connectivity index (χ4v) is 1.08. The number of nitrogens with one attached hydrogen (secondary N) is 3. The zero-order valence-corrected chi connectivity index (χ0v) is 9.99. The van der Waals surface area contributed by atoms with Gasteiger partial charge in [0.2, 0.25) is 0 Å². The van der Waals surface area contributed by atoms with Crippen LogP contribution in [-0.2, 0) is 9.59 Å². The van der Waals surface area contributed by atoms with Gasteiger partial charge in [0, 0.05) is 6.54 Å². The Morgan fingerprint density at radius 3 is 2.35 bits per heavy atom. The second kappa shape index (κ2) is 6.52. The third-order valence-electron chi connectivity index (χ3n) is 1.97. The van der Waals surface area contributed by atoms with Crippen molar-refractivity contribution in [3.63, 3.8) is 0 Å². The highest BCUT2D eigenvalue weighted by Crippen LogP contribution is 2.02. The number of para-hydroxylation sites is 1. The summed E-state index contributed by atoms with van der Waals surface area (Å²) >= 11 is 0. The van der Waals surface area contributed by atoms with Gasteiger partial charge in [0.1, 0.15) is 0 Å². The maximum Gasteiger partial charge on any atom is 0.327 e.